The van der Waals surface area contributed by atoms with E-state index in [4.69, 9.17) is 4.42 Å². The van der Waals surface area contributed by atoms with Crippen LogP contribution >= 0.6 is 0 Å². The zero-order chi connectivity index (χ0) is 18.9. The number of amides is 4. The smallest absolute Gasteiger partial charge is 0.325 e. The summed E-state index contributed by atoms with van der Waals surface area (Å²) < 4.78 is 5.22. The zero-order valence-corrected chi connectivity index (χ0v) is 14.7. The maximum atomic E-state index is 12.7. The van der Waals surface area contributed by atoms with Crippen LogP contribution in [0.2, 0.25) is 0 Å². The molecule has 8 heteroatoms. The summed E-state index contributed by atoms with van der Waals surface area (Å²) in [6, 6.07) is 6.55. The van der Waals surface area contributed by atoms with Crippen molar-refractivity contribution in [3.63, 3.8) is 0 Å². The van der Waals surface area contributed by atoms with Gasteiger partial charge >= 0.3 is 6.03 Å². The molecular weight excluding hydrogens is 348 g/mol. The van der Waals surface area contributed by atoms with Gasteiger partial charge in [0.2, 0.25) is 5.91 Å². The molecule has 0 bridgehead atoms. The van der Waals surface area contributed by atoms with Gasteiger partial charge in [0.05, 0.1) is 6.20 Å². The maximum Gasteiger partial charge on any atom is 0.325 e. The average Bonchev–Trinajstić information content (AvgIpc) is 3.27. The minimum absolute atomic E-state index is 0.289. The first-order chi connectivity index (χ1) is 13.1. The molecule has 1 saturated carbocycles. The molecule has 1 aromatic heterocycles. The van der Waals surface area contributed by atoms with Crippen molar-refractivity contribution in [1.29, 1.82) is 0 Å². The van der Waals surface area contributed by atoms with Gasteiger partial charge in [0.25, 0.3) is 5.91 Å². The second-order valence-corrected chi connectivity index (χ2v) is 6.96. The Labute approximate surface area is 155 Å². The first-order valence-electron chi connectivity index (χ1n) is 9.00. The number of imide groups is 1. The molecule has 0 atom stereocenters. The molecule has 2 aliphatic rings. The normalized spacial score (nSPS) is 18.6. The van der Waals surface area contributed by atoms with E-state index >= 15 is 0 Å². The highest BCUT2D eigenvalue weighted by Crippen LogP contribution is 2.33. The van der Waals surface area contributed by atoms with E-state index in [-0.39, 0.29) is 12.5 Å². The SMILES string of the molecule is O=C(CN1C(=O)NC2(CCCCC2)C1=O)Nc1ccc(-c2cnco2)cc1. The molecule has 2 fully saturated rings. The van der Waals surface area contributed by atoms with Crippen LogP contribution in [0.1, 0.15) is 32.1 Å². The third-order valence-electron chi connectivity index (χ3n) is 5.14. The molecule has 1 spiro atoms. The van der Waals surface area contributed by atoms with Gasteiger partial charge in [-0.3, -0.25) is 14.5 Å². The van der Waals surface area contributed by atoms with Gasteiger partial charge in [0, 0.05) is 11.3 Å². The van der Waals surface area contributed by atoms with Crippen LogP contribution in [0.4, 0.5) is 10.5 Å². The Bertz CT molecular complexity index is 854. The van der Waals surface area contributed by atoms with Crippen LogP contribution in [0.3, 0.4) is 0 Å². The van der Waals surface area contributed by atoms with E-state index < -0.39 is 17.5 Å². The van der Waals surface area contributed by atoms with Crippen molar-refractivity contribution in [2.75, 3.05) is 11.9 Å². The van der Waals surface area contributed by atoms with Crippen molar-refractivity contribution < 1.29 is 18.8 Å². The zero-order valence-electron chi connectivity index (χ0n) is 14.7. The molecule has 0 unspecified atom stereocenters. The lowest BCUT2D eigenvalue weighted by Crippen LogP contribution is -2.48. The summed E-state index contributed by atoms with van der Waals surface area (Å²) in [6.45, 7) is -0.295. The summed E-state index contributed by atoms with van der Waals surface area (Å²) in [4.78, 5) is 42.1. The molecule has 2 aromatic rings. The third kappa shape index (κ3) is 3.30. The number of urea groups is 1. The summed E-state index contributed by atoms with van der Waals surface area (Å²) in [6.07, 6.45) is 7.11. The minimum atomic E-state index is -0.811. The molecule has 140 valence electrons. The summed E-state index contributed by atoms with van der Waals surface area (Å²) >= 11 is 0. The quantitative estimate of drug-likeness (QED) is 0.807. The number of hydrogen-bond donors (Lipinski definition) is 2. The lowest BCUT2D eigenvalue weighted by Gasteiger charge is -2.30. The fourth-order valence-electron chi connectivity index (χ4n) is 3.73. The minimum Gasteiger partial charge on any atom is -0.444 e. The van der Waals surface area contributed by atoms with Gasteiger partial charge in [-0.2, -0.15) is 0 Å². The lowest BCUT2D eigenvalue weighted by atomic mass is 9.82. The average molecular weight is 368 g/mol. The van der Waals surface area contributed by atoms with Crippen LogP contribution in [-0.4, -0.2) is 39.8 Å². The first-order valence-corrected chi connectivity index (χ1v) is 9.00. The lowest BCUT2D eigenvalue weighted by molar-refractivity contribution is -0.134. The van der Waals surface area contributed by atoms with Crippen molar-refractivity contribution >= 4 is 23.5 Å². The van der Waals surface area contributed by atoms with E-state index in [1.165, 1.54) is 6.39 Å². The number of benzene rings is 1. The highest BCUT2D eigenvalue weighted by atomic mass is 16.3. The Morgan fingerprint density at radius 3 is 2.59 bits per heavy atom. The molecule has 2 heterocycles. The largest absolute Gasteiger partial charge is 0.444 e. The monoisotopic (exact) mass is 368 g/mol. The second-order valence-electron chi connectivity index (χ2n) is 6.96. The van der Waals surface area contributed by atoms with E-state index in [9.17, 15) is 14.4 Å². The van der Waals surface area contributed by atoms with Gasteiger partial charge in [0.15, 0.2) is 12.2 Å². The predicted octanol–water partition coefficient (Wildman–Crippen LogP) is 2.53. The van der Waals surface area contributed by atoms with Crippen LogP contribution < -0.4 is 10.6 Å². The Kier molecular flexibility index (Phi) is 4.39. The number of nitrogens with zero attached hydrogens (tertiary/aromatic N) is 2. The Morgan fingerprint density at radius 2 is 1.93 bits per heavy atom. The van der Waals surface area contributed by atoms with Crippen LogP contribution in [0.15, 0.2) is 41.3 Å². The number of hydrogen-bond acceptors (Lipinski definition) is 5. The number of nitrogens with one attached hydrogen (secondary N) is 2. The van der Waals surface area contributed by atoms with Gasteiger partial charge in [-0.25, -0.2) is 9.78 Å². The number of anilines is 1. The summed E-state index contributed by atoms with van der Waals surface area (Å²) in [5.41, 5.74) is 0.593. The Morgan fingerprint density at radius 1 is 1.19 bits per heavy atom. The number of carbonyl (C=O) groups is 3. The van der Waals surface area contributed by atoms with Gasteiger partial charge in [-0.15, -0.1) is 0 Å². The fraction of sp³-hybridized carbons (Fsp3) is 0.368. The number of oxazole rings is 1. The van der Waals surface area contributed by atoms with E-state index in [2.05, 4.69) is 15.6 Å². The molecule has 2 N–H and O–H groups in total. The highest BCUT2D eigenvalue weighted by molar-refractivity contribution is 6.10. The van der Waals surface area contributed by atoms with Crippen molar-refractivity contribution in [3.8, 4) is 11.3 Å². The van der Waals surface area contributed by atoms with E-state index in [0.29, 0.717) is 24.3 Å². The third-order valence-corrected chi connectivity index (χ3v) is 5.14. The first kappa shape index (κ1) is 17.3. The topological polar surface area (TPSA) is 105 Å². The molecule has 0 radical (unpaired) electrons. The van der Waals surface area contributed by atoms with E-state index in [1.807, 2.05) is 0 Å². The molecule has 4 amide bonds. The van der Waals surface area contributed by atoms with Gasteiger partial charge in [0.1, 0.15) is 12.1 Å². The van der Waals surface area contributed by atoms with Crippen molar-refractivity contribution in [3.05, 3.63) is 36.9 Å². The molecule has 8 nitrogen and oxygen atoms in total. The van der Waals surface area contributed by atoms with Crippen LogP contribution in [0.25, 0.3) is 11.3 Å². The number of rotatable bonds is 4. The maximum absolute atomic E-state index is 12.7. The van der Waals surface area contributed by atoms with E-state index in [1.54, 1.807) is 30.5 Å². The molecule has 1 aliphatic heterocycles. The van der Waals surface area contributed by atoms with Crippen LogP contribution in [0, 0.1) is 0 Å². The molecular formula is C19H20N4O4. The van der Waals surface area contributed by atoms with Gasteiger partial charge in [-0.05, 0) is 37.1 Å². The highest BCUT2D eigenvalue weighted by Gasteiger charge is 2.51. The standard InChI is InChI=1S/C19H20N4O4/c24-16(21-14-6-4-13(5-7-14)15-10-20-12-27-15)11-23-17(25)19(22-18(23)26)8-2-1-3-9-19/h4-7,10,12H,1-3,8-9,11H2,(H,21,24)(H,22,26). The molecule has 4 rings (SSSR count). The van der Waals surface area contributed by atoms with Crippen molar-refractivity contribution in [2.24, 2.45) is 0 Å². The summed E-state index contributed by atoms with van der Waals surface area (Å²) in [5, 5.41) is 5.52. The molecule has 27 heavy (non-hydrogen) atoms. The number of aromatic nitrogens is 1. The molecule has 1 aromatic carbocycles. The van der Waals surface area contributed by atoms with Crippen LogP contribution in [0.5, 0.6) is 0 Å². The van der Waals surface area contributed by atoms with E-state index in [0.717, 1.165) is 29.7 Å². The summed E-state index contributed by atoms with van der Waals surface area (Å²) in [5.74, 6) is -0.0771. The van der Waals surface area contributed by atoms with Crippen molar-refractivity contribution in [1.82, 2.24) is 15.2 Å². The Hall–Kier alpha value is -3.16. The van der Waals surface area contributed by atoms with Gasteiger partial charge in [-0.1, -0.05) is 19.3 Å². The summed E-state index contributed by atoms with van der Waals surface area (Å²) in [7, 11) is 0. The van der Waals surface area contributed by atoms with Crippen LogP contribution in [-0.2, 0) is 9.59 Å². The molecule has 1 aliphatic carbocycles. The fourth-order valence-corrected chi connectivity index (χ4v) is 3.73. The predicted molar refractivity (Wildman–Crippen MR) is 96.6 cm³/mol. The van der Waals surface area contributed by atoms with Crippen molar-refractivity contribution in [2.45, 2.75) is 37.6 Å². The Balaban J connectivity index is 1.39. The molecule has 1 saturated heterocycles. The van der Waals surface area contributed by atoms with Gasteiger partial charge < -0.3 is 15.1 Å². The number of carbonyl (C=O) groups excluding carboxylic acids is 3. The second kappa shape index (κ2) is 6.86.